The Morgan fingerprint density at radius 1 is 0.944 bits per heavy atom. The van der Waals surface area contributed by atoms with Gasteiger partial charge in [-0.15, -0.1) is 20.2 Å². The summed E-state index contributed by atoms with van der Waals surface area (Å²) in [4.78, 5) is 50.0. The van der Waals surface area contributed by atoms with Crippen molar-refractivity contribution in [2.75, 3.05) is 0 Å². The first-order valence-electron chi connectivity index (χ1n) is 3.96. The largest absolute Gasteiger partial charge is 0.298 e. The summed E-state index contributed by atoms with van der Waals surface area (Å²) in [7, 11) is 0. The van der Waals surface area contributed by atoms with Crippen molar-refractivity contribution < 1.29 is 29.4 Å². The lowest BCUT2D eigenvalue weighted by Crippen LogP contribution is -2.55. The normalized spacial score (nSPS) is 12.8. The molecule has 0 heterocycles. The Balaban J connectivity index is 5.17. The van der Waals surface area contributed by atoms with Crippen LogP contribution in [0.4, 0.5) is 0 Å². The van der Waals surface area contributed by atoms with Crippen molar-refractivity contribution in [1.29, 1.82) is 0 Å². The maximum Gasteiger partial charge on any atom is 0.295 e. The number of amides is 2. The molecule has 0 saturated carbocycles. The predicted octanol–water partition coefficient (Wildman–Crippen LogP) is -3.88. The molecular weight excluding hydrogens is 260 g/mol. The zero-order valence-corrected chi connectivity index (χ0v) is 8.47. The van der Waals surface area contributed by atoms with Gasteiger partial charge in [-0.1, -0.05) is 0 Å². The monoisotopic (exact) mass is 268 g/mol. The number of hydrogen-bond donors (Lipinski definition) is 4. The standard InChI is InChI=1S/C4H8N6O8/c5-7-3(11)1(17-9(13)14)2(4(12)8-6)18-10(15)16/h1-2H,5-6H2,(H,7,11)(H,8,12)/t1-,2-/m0/s1. The van der Waals surface area contributed by atoms with Gasteiger partial charge in [0.05, 0.1) is 0 Å². The molecule has 0 aromatic carbocycles. The minimum absolute atomic E-state index is 1.40. The minimum Gasteiger partial charge on any atom is -0.298 e. The van der Waals surface area contributed by atoms with Gasteiger partial charge in [0.25, 0.3) is 22.0 Å². The summed E-state index contributed by atoms with van der Waals surface area (Å²) in [5.41, 5.74) is 2.82. The third kappa shape index (κ3) is 4.41. The van der Waals surface area contributed by atoms with Crippen molar-refractivity contribution in [3.63, 3.8) is 0 Å². The van der Waals surface area contributed by atoms with Crippen LogP contribution in [0.3, 0.4) is 0 Å². The third-order valence-electron chi connectivity index (χ3n) is 1.48. The molecule has 0 spiro atoms. The summed E-state index contributed by atoms with van der Waals surface area (Å²) in [6.45, 7) is 0. The zero-order chi connectivity index (χ0) is 14.3. The average molecular weight is 268 g/mol. The molecule has 0 radical (unpaired) electrons. The molecule has 0 aliphatic rings. The SMILES string of the molecule is NNC(=O)[C@@H](O[N+](=O)[O-])[C@H](O[N+](=O)[O-])C(=O)NN. The molecule has 18 heavy (non-hydrogen) atoms. The molecule has 0 saturated heterocycles. The highest BCUT2D eigenvalue weighted by atomic mass is 17.0. The fourth-order valence-corrected chi connectivity index (χ4v) is 0.831. The van der Waals surface area contributed by atoms with Gasteiger partial charge in [0, 0.05) is 0 Å². The number of nitrogens with zero attached hydrogens (tertiary/aromatic N) is 2. The number of carbonyl (C=O) groups excluding carboxylic acids is 2. The number of nitrogens with one attached hydrogen (secondary N) is 2. The Hall–Kier alpha value is -2.74. The van der Waals surface area contributed by atoms with Gasteiger partial charge in [0.2, 0.25) is 12.2 Å². The van der Waals surface area contributed by atoms with Crippen molar-refractivity contribution >= 4 is 11.8 Å². The van der Waals surface area contributed by atoms with Crippen molar-refractivity contribution in [3.8, 4) is 0 Å². The number of carbonyl (C=O) groups is 2. The third-order valence-corrected chi connectivity index (χ3v) is 1.48. The minimum atomic E-state index is -2.31. The van der Waals surface area contributed by atoms with E-state index in [1.165, 1.54) is 10.9 Å². The fourth-order valence-electron chi connectivity index (χ4n) is 0.831. The second-order valence-corrected chi connectivity index (χ2v) is 2.52. The van der Waals surface area contributed by atoms with E-state index >= 15 is 0 Å². The summed E-state index contributed by atoms with van der Waals surface area (Å²) in [6.07, 6.45) is -4.61. The summed E-state index contributed by atoms with van der Waals surface area (Å²) in [5.74, 6) is 6.54. The van der Waals surface area contributed by atoms with E-state index in [0.717, 1.165) is 0 Å². The van der Waals surface area contributed by atoms with Gasteiger partial charge in [-0.3, -0.25) is 30.1 Å². The Bertz CT molecular complexity index is 323. The van der Waals surface area contributed by atoms with Crippen LogP contribution in [0, 0.1) is 20.2 Å². The molecule has 0 unspecified atom stereocenters. The number of rotatable bonds is 7. The Kier molecular flexibility index (Phi) is 5.73. The van der Waals surface area contributed by atoms with Gasteiger partial charge in [-0.25, -0.2) is 11.7 Å². The highest BCUT2D eigenvalue weighted by molar-refractivity contribution is 5.90. The topological polar surface area (TPSA) is 215 Å². The molecule has 0 fully saturated rings. The highest BCUT2D eigenvalue weighted by Gasteiger charge is 2.39. The van der Waals surface area contributed by atoms with E-state index in [1.54, 1.807) is 0 Å². The molecule has 14 nitrogen and oxygen atoms in total. The van der Waals surface area contributed by atoms with Crippen molar-refractivity contribution in [1.82, 2.24) is 10.9 Å². The molecule has 2 atom stereocenters. The lowest BCUT2D eigenvalue weighted by atomic mass is 10.2. The molecule has 0 aromatic heterocycles. The van der Waals surface area contributed by atoms with Gasteiger partial charge in [0.15, 0.2) is 0 Å². The number of nitrogens with two attached hydrogens (primary N) is 2. The second kappa shape index (κ2) is 6.76. The van der Waals surface area contributed by atoms with Crippen LogP contribution in [-0.2, 0) is 19.3 Å². The summed E-state index contributed by atoms with van der Waals surface area (Å²) in [6, 6.07) is 0. The van der Waals surface area contributed by atoms with Crippen LogP contribution in [0.2, 0.25) is 0 Å². The van der Waals surface area contributed by atoms with Crippen LogP contribution in [0.25, 0.3) is 0 Å². The van der Waals surface area contributed by atoms with Gasteiger partial charge in [-0.2, -0.15) is 0 Å². The van der Waals surface area contributed by atoms with Crippen molar-refractivity contribution in [2.24, 2.45) is 11.7 Å². The Morgan fingerprint density at radius 3 is 1.39 bits per heavy atom. The van der Waals surface area contributed by atoms with Gasteiger partial charge < -0.3 is 0 Å². The van der Waals surface area contributed by atoms with E-state index in [0.29, 0.717) is 0 Å². The molecule has 6 N–H and O–H groups in total. The first-order valence-corrected chi connectivity index (χ1v) is 3.96. The lowest BCUT2D eigenvalue weighted by Gasteiger charge is -2.20. The molecule has 0 aliphatic heterocycles. The van der Waals surface area contributed by atoms with Crippen LogP contribution >= 0.6 is 0 Å². The predicted molar refractivity (Wildman–Crippen MR) is 48.4 cm³/mol. The summed E-state index contributed by atoms with van der Waals surface area (Å²) in [5, 5.41) is 17.3. The molecule has 0 rings (SSSR count). The molecule has 2 amide bonds. The first-order chi connectivity index (χ1) is 8.33. The van der Waals surface area contributed by atoms with Crippen LogP contribution < -0.4 is 22.5 Å². The second-order valence-electron chi connectivity index (χ2n) is 2.52. The Morgan fingerprint density at radius 2 is 1.22 bits per heavy atom. The van der Waals surface area contributed by atoms with E-state index < -0.39 is 34.2 Å². The maximum atomic E-state index is 11.1. The van der Waals surface area contributed by atoms with E-state index in [2.05, 4.69) is 21.4 Å². The molecule has 0 aliphatic carbocycles. The molecule has 102 valence electrons. The smallest absolute Gasteiger partial charge is 0.295 e. The quantitative estimate of drug-likeness (QED) is 0.152. The van der Waals surface area contributed by atoms with Crippen molar-refractivity contribution in [2.45, 2.75) is 12.2 Å². The van der Waals surface area contributed by atoms with Gasteiger partial charge >= 0.3 is 0 Å². The van der Waals surface area contributed by atoms with Gasteiger partial charge in [-0.05, 0) is 0 Å². The van der Waals surface area contributed by atoms with Crippen molar-refractivity contribution in [3.05, 3.63) is 20.2 Å². The lowest BCUT2D eigenvalue weighted by molar-refractivity contribution is -0.792. The fraction of sp³-hybridized carbons (Fsp3) is 0.500. The number of hydrogen-bond acceptors (Lipinski definition) is 10. The van der Waals surface area contributed by atoms with Crippen LogP contribution in [0.5, 0.6) is 0 Å². The summed E-state index contributed by atoms with van der Waals surface area (Å²) < 4.78 is 0. The number of hydrazine groups is 2. The van der Waals surface area contributed by atoms with E-state index in [9.17, 15) is 29.8 Å². The van der Waals surface area contributed by atoms with E-state index in [-0.39, 0.29) is 0 Å². The molecule has 0 aromatic rings. The maximum absolute atomic E-state index is 11.1. The first kappa shape index (κ1) is 15.3. The van der Waals surface area contributed by atoms with Crippen LogP contribution in [0.1, 0.15) is 0 Å². The van der Waals surface area contributed by atoms with Gasteiger partial charge in [0.1, 0.15) is 0 Å². The van der Waals surface area contributed by atoms with Crippen LogP contribution in [-0.4, -0.2) is 34.2 Å². The van der Waals surface area contributed by atoms with E-state index in [4.69, 9.17) is 0 Å². The average Bonchev–Trinajstić information content (AvgIpc) is 2.30. The Labute approximate surface area is 97.3 Å². The molecule has 0 bridgehead atoms. The highest BCUT2D eigenvalue weighted by Crippen LogP contribution is 2.06. The molecule has 14 heteroatoms. The molecular formula is C4H8N6O8. The van der Waals surface area contributed by atoms with Crippen LogP contribution in [0.15, 0.2) is 0 Å². The summed E-state index contributed by atoms with van der Waals surface area (Å²) >= 11 is 0. The van der Waals surface area contributed by atoms with E-state index in [1.807, 2.05) is 0 Å². The zero-order valence-electron chi connectivity index (χ0n) is 8.47.